The van der Waals surface area contributed by atoms with E-state index in [1.54, 1.807) is 12.1 Å². The van der Waals surface area contributed by atoms with E-state index in [2.05, 4.69) is 0 Å². The van der Waals surface area contributed by atoms with Gasteiger partial charge in [0.15, 0.2) is 0 Å². The molecule has 0 aromatic heterocycles. The molecule has 72 valence electrons. The predicted octanol–water partition coefficient (Wildman–Crippen LogP) is 1.20. The molecule has 1 aromatic rings. The monoisotopic (exact) mass is 217 g/mol. The molecular formula is C8H11NO2S2. The molecule has 0 atom stereocenters. The molecule has 0 radical (unpaired) electrons. The smallest absolute Gasteiger partial charge is 0.213 e. The molecule has 0 aliphatic carbocycles. The summed E-state index contributed by atoms with van der Waals surface area (Å²) in [5, 5.41) is 4.95. The van der Waals surface area contributed by atoms with Gasteiger partial charge in [-0.15, -0.1) is 11.8 Å². The lowest BCUT2D eigenvalue weighted by Crippen LogP contribution is -2.14. The molecule has 0 amide bonds. The third-order valence-corrected chi connectivity index (χ3v) is 3.10. The van der Waals surface area contributed by atoms with Gasteiger partial charge in [-0.3, -0.25) is 0 Å². The molecule has 0 aliphatic rings. The van der Waals surface area contributed by atoms with Crippen LogP contribution in [0.2, 0.25) is 0 Å². The first-order valence-corrected chi connectivity index (χ1v) is 6.59. The molecule has 2 N–H and O–H groups in total. The van der Waals surface area contributed by atoms with Crippen LogP contribution in [0.5, 0.6) is 0 Å². The van der Waals surface area contributed by atoms with Crippen molar-refractivity contribution < 1.29 is 8.42 Å². The molecular weight excluding hydrogens is 206 g/mol. The first-order valence-electron chi connectivity index (χ1n) is 3.65. The van der Waals surface area contributed by atoms with Crippen molar-refractivity contribution >= 4 is 21.8 Å². The van der Waals surface area contributed by atoms with Crippen molar-refractivity contribution in [2.45, 2.75) is 10.6 Å². The van der Waals surface area contributed by atoms with Crippen LogP contribution >= 0.6 is 11.8 Å². The van der Waals surface area contributed by atoms with E-state index in [1.807, 2.05) is 18.4 Å². The molecule has 3 nitrogen and oxygen atoms in total. The Kier molecular flexibility index (Phi) is 3.35. The molecule has 0 fully saturated rings. The highest BCUT2D eigenvalue weighted by Gasteiger charge is 2.07. The van der Waals surface area contributed by atoms with Gasteiger partial charge in [-0.1, -0.05) is 18.2 Å². The Morgan fingerprint density at radius 1 is 1.38 bits per heavy atom. The third-order valence-electron chi connectivity index (χ3n) is 1.55. The summed E-state index contributed by atoms with van der Waals surface area (Å²) in [7, 11) is -3.42. The van der Waals surface area contributed by atoms with E-state index in [-0.39, 0.29) is 5.75 Å². The first-order chi connectivity index (χ1) is 6.03. The van der Waals surface area contributed by atoms with Gasteiger partial charge in [0.25, 0.3) is 0 Å². The van der Waals surface area contributed by atoms with Gasteiger partial charge in [0.05, 0.1) is 5.75 Å². The summed E-state index contributed by atoms with van der Waals surface area (Å²) in [6, 6.07) is 7.33. The predicted molar refractivity (Wildman–Crippen MR) is 55.0 cm³/mol. The normalized spacial score (nSPS) is 11.5. The zero-order valence-corrected chi connectivity index (χ0v) is 8.86. The number of thioether (sulfide) groups is 1. The van der Waals surface area contributed by atoms with E-state index in [4.69, 9.17) is 5.14 Å². The Morgan fingerprint density at radius 3 is 2.54 bits per heavy atom. The van der Waals surface area contributed by atoms with Gasteiger partial charge in [-0.2, -0.15) is 0 Å². The van der Waals surface area contributed by atoms with E-state index in [9.17, 15) is 8.42 Å². The maximum absolute atomic E-state index is 10.8. The van der Waals surface area contributed by atoms with Crippen LogP contribution in [0.15, 0.2) is 29.2 Å². The molecule has 0 spiro atoms. The van der Waals surface area contributed by atoms with Gasteiger partial charge in [0, 0.05) is 4.90 Å². The zero-order valence-electron chi connectivity index (χ0n) is 7.23. The Hall–Kier alpha value is -0.520. The SMILES string of the molecule is CSc1ccccc1CS(N)(=O)=O. The summed E-state index contributed by atoms with van der Waals surface area (Å²) in [5.74, 6) is -0.0932. The average molecular weight is 217 g/mol. The molecule has 0 unspecified atom stereocenters. The summed E-state index contributed by atoms with van der Waals surface area (Å²) in [5.41, 5.74) is 0.762. The van der Waals surface area contributed by atoms with Gasteiger partial charge in [-0.25, -0.2) is 13.6 Å². The van der Waals surface area contributed by atoms with E-state index < -0.39 is 10.0 Å². The van der Waals surface area contributed by atoms with Crippen LogP contribution in [-0.2, 0) is 15.8 Å². The maximum Gasteiger partial charge on any atom is 0.213 e. The summed E-state index contributed by atoms with van der Waals surface area (Å²) in [6.45, 7) is 0. The highest BCUT2D eigenvalue weighted by Crippen LogP contribution is 2.20. The first kappa shape index (κ1) is 10.6. The van der Waals surface area contributed by atoms with Crippen molar-refractivity contribution in [3.63, 3.8) is 0 Å². The molecule has 0 bridgehead atoms. The maximum atomic E-state index is 10.8. The molecule has 0 saturated heterocycles. The van der Waals surface area contributed by atoms with Crippen molar-refractivity contribution in [3.05, 3.63) is 29.8 Å². The topological polar surface area (TPSA) is 60.2 Å². The van der Waals surface area contributed by atoms with Crippen LogP contribution in [0, 0.1) is 0 Å². The molecule has 5 heteroatoms. The van der Waals surface area contributed by atoms with Crippen LogP contribution in [-0.4, -0.2) is 14.7 Å². The third kappa shape index (κ3) is 3.38. The summed E-state index contributed by atoms with van der Waals surface area (Å²) in [4.78, 5) is 0.955. The van der Waals surface area contributed by atoms with Gasteiger partial charge in [0.1, 0.15) is 0 Å². The lowest BCUT2D eigenvalue weighted by molar-refractivity contribution is 0.596. The number of primary sulfonamides is 1. The van der Waals surface area contributed by atoms with Crippen molar-refractivity contribution in [3.8, 4) is 0 Å². The Balaban J connectivity index is 3.01. The number of nitrogens with two attached hydrogens (primary N) is 1. The molecule has 0 heterocycles. The second kappa shape index (κ2) is 4.13. The fraction of sp³-hybridized carbons (Fsp3) is 0.250. The van der Waals surface area contributed by atoms with Crippen LogP contribution in [0.4, 0.5) is 0 Å². The van der Waals surface area contributed by atoms with Crippen LogP contribution in [0.3, 0.4) is 0 Å². The summed E-state index contributed by atoms with van der Waals surface area (Å²) < 4.78 is 21.7. The number of hydrogen-bond donors (Lipinski definition) is 1. The van der Waals surface area contributed by atoms with Crippen LogP contribution in [0.1, 0.15) is 5.56 Å². The van der Waals surface area contributed by atoms with Gasteiger partial charge in [0.2, 0.25) is 10.0 Å². The van der Waals surface area contributed by atoms with E-state index in [0.717, 1.165) is 10.5 Å². The molecule has 0 aliphatic heterocycles. The second-order valence-corrected chi connectivity index (χ2v) is 5.08. The van der Waals surface area contributed by atoms with Crippen molar-refractivity contribution in [1.82, 2.24) is 0 Å². The lowest BCUT2D eigenvalue weighted by Gasteiger charge is -2.04. The minimum Gasteiger partial charge on any atom is -0.228 e. The minimum absolute atomic E-state index is 0.0932. The molecule has 1 rings (SSSR count). The van der Waals surface area contributed by atoms with Gasteiger partial charge < -0.3 is 0 Å². The lowest BCUT2D eigenvalue weighted by atomic mass is 10.2. The van der Waals surface area contributed by atoms with Crippen LogP contribution < -0.4 is 5.14 Å². The number of hydrogen-bond acceptors (Lipinski definition) is 3. The average Bonchev–Trinajstić information content (AvgIpc) is 2.02. The number of rotatable bonds is 3. The summed E-state index contributed by atoms with van der Waals surface area (Å²) in [6.07, 6.45) is 1.90. The molecule has 13 heavy (non-hydrogen) atoms. The Bertz CT molecular complexity index is 387. The Morgan fingerprint density at radius 2 is 2.00 bits per heavy atom. The Labute approximate surface area is 82.4 Å². The van der Waals surface area contributed by atoms with Crippen LogP contribution in [0.25, 0.3) is 0 Å². The zero-order chi connectivity index (χ0) is 9.90. The largest absolute Gasteiger partial charge is 0.228 e. The molecule has 0 saturated carbocycles. The number of benzene rings is 1. The van der Waals surface area contributed by atoms with Crippen molar-refractivity contribution in [2.75, 3.05) is 6.26 Å². The second-order valence-electron chi connectivity index (χ2n) is 2.62. The fourth-order valence-electron chi connectivity index (χ4n) is 1.04. The van der Waals surface area contributed by atoms with E-state index in [0.29, 0.717) is 0 Å². The quantitative estimate of drug-likeness (QED) is 0.774. The standard InChI is InChI=1S/C8H11NO2S2/c1-12-8-5-3-2-4-7(8)6-13(9,10)11/h2-5H,6H2,1H3,(H2,9,10,11). The highest BCUT2D eigenvalue weighted by molar-refractivity contribution is 7.98. The number of sulfonamides is 1. The van der Waals surface area contributed by atoms with Crippen molar-refractivity contribution in [2.24, 2.45) is 5.14 Å². The van der Waals surface area contributed by atoms with Gasteiger partial charge in [-0.05, 0) is 17.9 Å². The fourth-order valence-corrected chi connectivity index (χ4v) is 2.43. The minimum atomic E-state index is -3.42. The van der Waals surface area contributed by atoms with E-state index in [1.165, 1.54) is 11.8 Å². The van der Waals surface area contributed by atoms with Gasteiger partial charge >= 0.3 is 0 Å². The van der Waals surface area contributed by atoms with E-state index >= 15 is 0 Å². The summed E-state index contributed by atoms with van der Waals surface area (Å²) >= 11 is 1.52. The molecule has 1 aromatic carbocycles. The van der Waals surface area contributed by atoms with Crippen molar-refractivity contribution in [1.29, 1.82) is 0 Å². The highest BCUT2D eigenvalue weighted by atomic mass is 32.2.